The Kier molecular flexibility index (Phi) is 5.33. The van der Waals surface area contributed by atoms with Crippen LogP contribution in [0.15, 0.2) is 53.7 Å². The lowest BCUT2D eigenvalue weighted by Crippen LogP contribution is -2.45. The average molecular weight is 378 g/mol. The smallest absolute Gasteiger partial charge is 0.338 e. The van der Waals surface area contributed by atoms with Gasteiger partial charge < -0.3 is 15.4 Å². The fourth-order valence-corrected chi connectivity index (χ4v) is 4.27. The Morgan fingerprint density at radius 2 is 1.71 bits per heavy atom. The Hall–Kier alpha value is -2.82. The number of esters is 1. The first kappa shape index (κ1) is 18.5. The molecule has 2 amide bonds. The largest absolute Gasteiger partial charge is 0.459 e. The van der Waals surface area contributed by atoms with Crippen LogP contribution in [-0.4, -0.2) is 18.1 Å². The first-order valence-electron chi connectivity index (χ1n) is 10.1. The van der Waals surface area contributed by atoms with Crippen LogP contribution < -0.4 is 10.6 Å². The number of urea groups is 1. The van der Waals surface area contributed by atoms with Gasteiger partial charge in [-0.3, -0.25) is 0 Å². The van der Waals surface area contributed by atoms with Gasteiger partial charge in [-0.05, 0) is 48.9 Å². The second kappa shape index (κ2) is 8.05. The van der Waals surface area contributed by atoms with Crippen molar-refractivity contribution in [1.29, 1.82) is 0 Å². The normalized spacial score (nSPS) is 21.0. The Labute approximate surface area is 165 Å². The second-order valence-electron chi connectivity index (χ2n) is 7.66. The first-order chi connectivity index (χ1) is 13.6. The molecule has 2 aliphatic rings. The Balaban J connectivity index is 1.69. The van der Waals surface area contributed by atoms with Crippen molar-refractivity contribution < 1.29 is 14.3 Å². The number of ether oxygens (including phenoxy) is 1. The van der Waals surface area contributed by atoms with Crippen molar-refractivity contribution >= 4 is 22.8 Å². The van der Waals surface area contributed by atoms with Gasteiger partial charge in [-0.25, -0.2) is 9.59 Å². The van der Waals surface area contributed by atoms with Crippen LogP contribution in [0.1, 0.15) is 57.1 Å². The predicted molar refractivity (Wildman–Crippen MR) is 109 cm³/mol. The van der Waals surface area contributed by atoms with Crippen LogP contribution in [0.3, 0.4) is 0 Å². The van der Waals surface area contributed by atoms with Crippen LogP contribution in [0.4, 0.5) is 4.79 Å². The monoisotopic (exact) mass is 378 g/mol. The van der Waals surface area contributed by atoms with Crippen LogP contribution in [0.5, 0.6) is 0 Å². The minimum absolute atomic E-state index is 0.0407. The number of allylic oxidation sites excluding steroid dienone is 1. The molecule has 1 saturated carbocycles. The van der Waals surface area contributed by atoms with E-state index in [2.05, 4.69) is 10.6 Å². The minimum Gasteiger partial charge on any atom is -0.459 e. The summed E-state index contributed by atoms with van der Waals surface area (Å²) in [6.45, 7) is 1.76. The number of hydrogen-bond acceptors (Lipinski definition) is 3. The van der Waals surface area contributed by atoms with Crippen LogP contribution >= 0.6 is 0 Å². The van der Waals surface area contributed by atoms with Crippen molar-refractivity contribution in [3.05, 3.63) is 59.3 Å². The second-order valence-corrected chi connectivity index (χ2v) is 7.66. The Bertz CT molecular complexity index is 921. The number of hydrogen-bond donors (Lipinski definition) is 2. The molecule has 146 valence electrons. The maximum atomic E-state index is 13.1. The highest BCUT2D eigenvalue weighted by molar-refractivity contribution is 5.97. The van der Waals surface area contributed by atoms with Crippen molar-refractivity contribution in [3.8, 4) is 0 Å². The first-order valence-corrected chi connectivity index (χ1v) is 10.1. The summed E-state index contributed by atoms with van der Waals surface area (Å²) >= 11 is 0. The molecule has 1 unspecified atom stereocenters. The maximum Gasteiger partial charge on any atom is 0.338 e. The van der Waals surface area contributed by atoms with Gasteiger partial charge in [0.25, 0.3) is 0 Å². The van der Waals surface area contributed by atoms with Gasteiger partial charge in [0.15, 0.2) is 0 Å². The molecule has 28 heavy (non-hydrogen) atoms. The van der Waals surface area contributed by atoms with Gasteiger partial charge in [0.2, 0.25) is 0 Å². The molecule has 1 aliphatic heterocycles. The van der Waals surface area contributed by atoms with Gasteiger partial charge in [0.05, 0.1) is 11.6 Å². The highest BCUT2D eigenvalue weighted by Crippen LogP contribution is 2.33. The molecule has 1 heterocycles. The quantitative estimate of drug-likeness (QED) is 0.599. The van der Waals surface area contributed by atoms with Crippen molar-refractivity contribution in [2.45, 2.75) is 57.6 Å². The zero-order chi connectivity index (χ0) is 19.5. The molecule has 1 aliphatic carbocycles. The molecule has 5 heteroatoms. The SMILES string of the molecule is CC1=C(C(=O)OC2CCCCCC2)C(c2cccc3ccccc23)NC(=O)N1. The number of carbonyl (C=O) groups is 2. The molecular formula is C23H26N2O3. The topological polar surface area (TPSA) is 67.4 Å². The summed E-state index contributed by atoms with van der Waals surface area (Å²) in [5, 5.41) is 7.75. The molecule has 0 aromatic heterocycles. The number of rotatable bonds is 3. The number of fused-ring (bicyclic) bond motifs is 1. The lowest BCUT2D eigenvalue weighted by Gasteiger charge is -2.30. The van der Waals surface area contributed by atoms with E-state index in [-0.39, 0.29) is 18.1 Å². The molecule has 1 fully saturated rings. The van der Waals surface area contributed by atoms with Crippen LogP contribution in [0, 0.1) is 0 Å². The summed E-state index contributed by atoms with van der Waals surface area (Å²) in [6, 6.07) is 13.1. The molecule has 4 rings (SSSR count). The maximum absolute atomic E-state index is 13.1. The van der Waals surface area contributed by atoms with Crippen LogP contribution in [0.2, 0.25) is 0 Å². The lowest BCUT2D eigenvalue weighted by molar-refractivity contribution is -0.145. The van der Waals surface area contributed by atoms with Crippen molar-refractivity contribution in [2.24, 2.45) is 0 Å². The predicted octanol–water partition coefficient (Wildman–Crippen LogP) is 4.73. The Morgan fingerprint density at radius 3 is 2.50 bits per heavy atom. The molecule has 2 aromatic rings. The van der Waals surface area contributed by atoms with Gasteiger partial charge in [-0.15, -0.1) is 0 Å². The van der Waals surface area contributed by atoms with E-state index in [1.165, 1.54) is 12.8 Å². The third-order valence-electron chi connectivity index (χ3n) is 5.70. The summed E-state index contributed by atoms with van der Waals surface area (Å²) in [6.07, 6.45) is 6.38. The zero-order valence-electron chi connectivity index (χ0n) is 16.2. The van der Waals surface area contributed by atoms with E-state index in [0.717, 1.165) is 42.0 Å². The number of benzene rings is 2. The van der Waals surface area contributed by atoms with E-state index in [1.807, 2.05) is 42.5 Å². The van der Waals surface area contributed by atoms with E-state index in [4.69, 9.17) is 4.74 Å². The molecule has 0 bridgehead atoms. The molecule has 0 spiro atoms. The molecule has 2 aromatic carbocycles. The molecular weight excluding hydrogens is 352 g/mol. The van der Waals surface area contributed by atoms with E-state index < -0.39 is 6.04 Å². The van der Waals surface area contributed by atoms with Crippen LogP contribution in [-0.2, 0) is 9.53 Å². The van der Waals surface area contributed by atoms with Gasteiger partial charge >= 0.3 is 12.0 Å². The van der Waals surface area contributed by atoms with Crippen LogP contribution in [0.25, 0.3) is 10.8 Å². The summed E-state index contributed by atoms with van der Waals surface area (Å²) in [5.74, 6) is -0.338. The van der Waals surface area contributed by atoms with Gasteiger partial charge in [0, 0.05) is 5.70 Å². The van der Waals surface area contributed by atoms with Crippen molar-refractivity contribution in [3.63, 3.8) is 0 Å². The van der Waals surface area contributed by atoms with E-state index >= 15 is 0 Å². The van der Waals surface area contributed by atoms with Crippen molar-refractivity contribution in [2.75, 3.05) is 0 Å². The number of nitrogens with one attached hydrogen (secondary N) is 2. The highest BCUT2D eigenvalue weighted by atomic mass is 16.5. The zero-order valence-corrected chi connectivity index (χ0v) is 16.2. The Morgan fingerprint density at radius 1 is 1.00 bits per heavy atom. The molecule has 2 N–H and O–H groups in total. The molecule has 1 atom stereocenters. The molecule has 0 saturated heterocycles. The van der Waals surface area contributed by atoms with E-state index in [9.17, 15) is 9.59 Å². The average Bonchev–Trinajstić information content (AvgIpc) is 2.95. The van der Waals surface area contributed by atoms with Gasteiger partial charge in [0.1, 0.15) is 6.10 Å². The summed E-state index contributed by atoms with van der Waals surface area (Å²) < 4.78 is 5.89. The summed E-state index contributed by atoms with van der Waals surface area (Å²) in [4.78, 5) is 25.3. The fraction of sp³-hybridized carbons (Fsp3) is 0.391. The summed E-state index contributed by atoms with van der Waals surface area (Å²) in [7, 11) is 0. The number of carbonyl (C=O) groups excluding carboxylic acids is 2. The van der Waals surface area contributed by atoms with Gasteiger partial charge in [-0.2, -0.15) is 0 Å². The third-order valence-corrected chi connectivity index (χ3v) is 5.70. The minimum atomic E-state index is -0.530. The van der Waals surface area contributed by atoms with E-state index in [1.54, 1.807) is 6.92 Å². The van der Waals surface area contributed by atoms with E-state index in [0.29, 0.717) is 11.3 Å². The molecule has 0 radical (unpaired) electrons. The highest BCUT2D eigenvalue weighted by Gasteiger charge is 2.34. The molecule has 5 nitrogen and oxygen atoms in total. The summed E-state index contributed by atoms with van der Waals surface area (Å²) in [5.41, 5.74) is 1.95. The standard InChI is InChI=1S/C23H26N2O3/c1-15-20(22(26)28-17-11-4-2-3-5-12-17)21(25-23(27)24-15)19-14-8-10-16-9-6-7-13-18(16)19/h6-10,13-14,17,21H,2-5,11-12H2,1H3,(H2,24,25,27). The number of amides is 2. The van der Waals surface area contributed by atoms with Gasteiger partial charge in [-0.1, -0.05) is 55.3 Å². The van der Waals surface area contributed by atoms with Crippen molar-refractivity contribution in [1.82, 2.24) is 10.6 Å². The lowest BCUT2D eigenvalue weighted by atomic mass is 9.91. The fourth-order valence-electron chi connectivity index (χ4n) is 4.27. The third kappa shape index (κ3) is 3.75.